The van der Waals surface area contributed by atoms with Crippen molar-refractivity contribution in [3.8, 4) is 43.8 Å². The third-order valence-electron chi connectivity index (χ3n) is 12.2. The van der Waals surface area contributed by atoms with E-state index >= 15 is 0 Å². The molecule has 326 valence electrons. The van der Waals surface area contributed by atoms with Crippen molar-refractivity contribution in [3.05, 3.63) is 205 Å². The van der Waals surface area contributed by atoms with Gasteiger partial charge in [-0.3, -0.25) is 0 Å². The van der Waals surface area contributed by atoms with Gasteiger partial charge in [0.25, 0.3) is 0 Å². The van der Waals surface area contributed by atoms with Gasteiger partial charge in [-0.05, 0) is 128 Å². The fraction of sp³-hybridized carbons (Fsp3) is 0.0877. The third kappa shape index (κ3) is 7.60. The van der Waals surface area contributed by atoms with Crippen LogP contribution < -0.4 is 9.47 Å². The molecule has 0 spiro atoms. The van der Waals surface area contributed by atoms with E-state index in [1.54, 1.807) is 22.7 Å². The highest BCUT2D eigenvalue weighted by Crippen LogP contribution is 2.59. The highest BCUT2D eigenvalue weighted by molar-refractivity contribution is 7.22. The summed E-state index contributed by atoms with van der Waals surface area (Å²) in [5, 5.41) is 6.08. The van der Waals surface area contributed by atoms with Crippen molar-refractivity contribution in [2.75, 3.05) is 26.4 Å². The molecule has 0 bridgehead atoms. The molecule has 1 atom stereocenters. The molecular weight excluding hydrogens is 873 g/mol. The SMILES string of the molecule is C=CC(=O)OCCOc1ccc2cc(C3(c4ccc(OCCOC(=O)C=C)c(-c5nc6ccccc6s5)c4)c4ccc(-c5nc6ccccc6s5)cc4-c4cc5ccccc5cc43)ccc2c1. The lowest BCUT2D eigenvalue weighted by Gasteiger charge is -2.35. The maximum absolute atomic E-state index is 11.9. The minimum atomic E-state index is -0.831. The molecule has 8 aromatic carbocycles. The molecule has 1 unspecified atom stereocenters. The predicted molar refractivity (Wildman–Crippen MR) is 269 cm³/mol. The summed E-state index contributed by atoms with van der Waals surface area (Å²) < 4.78 is 25.1. The van der Waals surface area contributed by atoms with Gasteiger partial charge in [0.1, 0.15) is 47.9 Å². The normalized spacial score (nSPS) is 13.9. The number of fused-ring (bicyclic) bond motifs is 7. The van der Waals surface area contributed by atoms with Crippen molar-refractivity contribution in [2.45, 2.75) is 5.41 Å². The fourth-order valence-corrected chi connectivity index (χ4v) is 11.2. The van der Waals surface area contributed by atoms with Gasteiger partial charge in [-0.1, -0.05) is 98.1 Å². The molecule has 1 aliphatic carbocycles. The molecule has 8 nitrogen and oxygen atoms in total. The van der Waals surface area contributed by atoms with Gasteiger partial charge in [0.05, 0.1) is 31.4 Å². The van der Waals surface area contributed by atoms with Gasteiger partial charge in [-0.2, -0.15) is 0 Å². The first-order chi connectivity index (χ1) is 32.9. The van der Waals surface area contributed by atoms with Crippen molar-refractivity contribution < 1.29 is 28.5 Å². The van der Waals surface area contributed by atoms with E-state index in [4.69, 9.17) is 28.9 Å². The third-order valence-corrected chi connectivity index (χ3v) is 14.4. The zero-order chi connectivity index (χ0) is 45.5. The molecule has 67 heavy (non-hydrogen) atoms. The van der Waals surface area contributed by atoms with E-state index in [2.05, 4.69) is 128 Å². The number of esters is 2. The first-order valence-electron chi connectivity index (χ1n) is 21.8. The van der Waals surface area contributed by atoms with E-state index in [9.17, 15) is 9.59 Å². The second-order valence-corrected chi connectivity index (χ2v) is 18.2. The Labute approximate surface area is 394 Å². The first kappa shape index (κ1) is 41.8. The number of aromatic nitrogens is 2. The Morgan fingerprint density at radius 2 is 1.09 bits per heavy atom. The maximum atomic E-state index is 11.9. The molecule has 10 heteroatoms. The monoisotopic (exact) mass is 912 g/mol. The number of nitrogens with zero attached hydrogens (tertiary/aromatic N) is 2. The van der Waals surface area contributed by atoms with Crippen molar-refractivity contribution >= 4 is 76.6 Å². The van der Waals surface area contributed by atoms with Crippen molar-refractivity contribution in [3.63, 3.8) is 0 Å². The van der Waals surface area contributed by atoms with Gasteiger partial charge < -0.3 is 18.9 Å². The van der Waals surface area contributed by atoms with Gasteiger partial charge in [0, 0.05) is 17.7 Å². The van der Waals surface area contributed by atoms with Crippen LogP contribution in [-0.2, 0) is 24.5 Å². The highest BCUT2D eigenvalue weighted by atomic mass is 32.1. The Morgan fingerprint density at radius 1 is 0.507 bits per heavy atom. The Bertz CT molecular complexity index is 3540. The van der Waals surface area contributed by atoms with Crippen LogP contribution in [0.1, 0.15) is 22.3 Å². The van der Waals surface area contributed by atoms with E-state index in [1.165, 1.54) is 0 Å². The Balaban J connectivity index is 1.13. The molecular formula is C57H40N2O6S2. The first-order valence-corrected chi connectivity index (χ1v) is 23.5. The summed E-state index contributed by atoms with van der Waals surface area (Å²) in [6.07, 6.45) is 2.29. The maximum Gasteiger partial charge on any atom is 0.330 e. The Morgan fingerprint density at radius 3 is 1.82 bits per heavy atom. The van der Waals surface area contributed by atoms with Gasteiger partial charge in [0.2, 0.25) is 0 Å². The fourth-order valence-electron chi connectivity index (χ4n) is 9.23. The molecule has 2 aromatic heterocycles. The molecule has 0 amide bonds. The van der Waals surface area contributed by atoms with Crippen LogP contribution in [0.5, 0.6) is 11.5 Å². The number of thiazole rings is 2. The quantitative estimate of drug-likeness (QED) is 0.0605. The van der Waals surface area contributed by atoms with Crippen LogP contribution in [0.25, 0.3) is 74.2 Å². The van der Waals surface area contributed by atoms with Crippen LogP contribution in [0.2, 0.25) is 0 Å². The summed E-state index contributed by atoms with van der Waals surface area (Å²) in [4.78, 5) is 33.8. The number of hydrogen-bond acceptors (Lipinski definition) is 10. The molecule has 0 N–H and O–H groups in total. The van der Waals surface area contributed by atoms with Crippen molar-refractivity contribution in [1.29, 1.82) is 0 Å². The Kier molecular flexibility index (Phi) is 10.9. The molecule has 2 heterocycles. The van der Waals surface area contributed by atoms with Crippen LogP contribution in [0.3, 0.4) is 0 Å². The molecule has 11 rings (SSSR count). The van der Waals surface area contributed by atoms with E-state index in [1.807, 2.05) is 42.5 Å². The van der Waals surface area contributed by atoms with E-state index in [-0.39, 0.29) is 26.4 Å². The smallest absolute Gasteiger partial charge is 0.330 e. The van der Waals surface area contributed by atoms with Crippen molar-refractivity contribution in [1.82, 2.24) is 9.97 Å². The summed E-state index contributed by atoms with van der Waals surface area (Å²) in [6.45, 7) is 7.52. The number of carbonyl (C=O) groups is 2. The second-order valence-electron chi connectivity index (χ2n) is 16.1. The van der Waals surface area contributed by atoms with E-state index in [0.717, 1.165) is 109 Å². The molecule has 0 saturated heterocycles. The Hall–Kier alpha value is -7.92. The molecule has 0 saturated carbocycles. The lowest BCUT2D eigenvalue weighted by molar-refractivity contribution is -0.139. The number of hydrogen-bond donors (Lipinski definition) is 0. The van der Waals surface area contributed by atoms with Crippen LogP contribution in [-0.4, -0.2) is 48.3 Å². The van der Waals surface area contributed by atoms with Crippen LogP contribution in [0.15, 0.2) is 183 Å². The van der Waals surface area contributed by atoms with Gasteiger partial charge in [-0.25, -0.2) is 19.6 Å². The topological polar surface area (TPSA) is 96.8 Å². The second kappa shape index (κ2) is 17.5. The minimum Gasteiger partial charge on any atom is -0.490 e. The molecule has 0 aliphatic heterocycles. The molecule has 0 fully saturated rings. The minimum absolute atomic E-state index is 0.0627. The summed E-state index contributed by atoms with van der Waals surface area (Å²) in [5.41, 5.74) is 9.59. The molecule has 0 radical (unpaired) electrons. The van der Waals surface area contributed by atoms with Crippen LogP contribution in [0.4, 0.5) is 0 Å². The standard InChI is InChI=1S/C57H40N2O6S2/c1-3-53(60)64-27-25-62-42-22-18-37-29-40(20-17-38(37)30-42)57(41-21-24-50(63-26-28-65-54(61)4-2)45(34-41)56-59-49-14-8-10-16-52(49)67-56)46-23-19-39(55-58-48-13-7-9-15-51(48)66-55)32-43(46)44-31-35-11-5-6-12-36(35)33-47(44)57/h3-24,29-34H,1-2,25-28H2. The van der Waals surface area contributed by atoms with Crippen molar-refractivity contribution in [2.24, 2.45) is 0 Å². The lowest BCUT2D eigenvalue weighted by Crippen LogP contribution is -2.28. The predicted octanol–water partition coefficient (Wildman–Crippen LogP) is 13.1. The van der Waals surface area contributed by atoms with Crippen LogP contribution in [0, 0.1) is 0 Å². The van der Waals surface area contributed by atoms with E-state index < -0.39 is 17.4 Å². The highest BCUT2D eigenvalue weighted by Gasteiger charge is 2.47. The average molecular weight is 913 g/mol. The van der Waals surface area contributed by atoms with Gasteiger partial charge in [0.15, 0.2) is 0 Å². The van der Waals surface area contributed by atoms with Crippen LogP contribution >= 0.6 is 22.7 Å². The summed E-state index contributed by atoms with van der Waals surface area (Å²) in [7, 11) is 0. The molecule has 10 aromatic rings. The number of para-hydroxylation sites is 2. The molecule has 1 aliphatic rings. The lowest BCUT2D eigenvalue weighted by atomic mass is 9.67. The number of ether oxygens (including phenoxy) is 4. The zero-order valence-corrected chi connectivity index (χ0v) is 37.7. The summed E-state index contributed by atoms with van der Waals surface area (Å²) in [6, 6.07) is 55.6. The van der Waals surface area contributed by atoms with Gasteiger partial charge in [-0.15, -0.1) is 22.7 Å². The largest absolute Gasteiger partial charge is 0.490 e. The average Bonchev–Trinajstić information content (AvgIpc) is 4.09. The zero-order valence-electron chi connectivity index (χ0n) is 36.1. The summed E-state index contributed by atoms with van der Waals surface area (Å²) in [5.74, 6) is 0.308. The van der Waals surface area contributed by atoms with E-state index in [0.29, 0.717) is 11.5 Å². The number of carbonyl (C=O) groups excluding carboxylic acids is 2. The number of benzene rings is 8. The van der Waals surface area contributed by atoms with Gasteiger partial charge >= 0.3 is 11.9 Å². The summed E-state index contributed by atoms with van der Waals surface area (Å²) >= 11 is 3.31. The number of rotatable bonds is 14.